The van der Waals surface area contributed by atoms with Gasteiger partial charge in [0.05, 0.1) is 6.04 Å². The fraction of sp³-hybridized carbons (Fsp3) is 0.571. The Morgan fingerprint density at radius 2 is 1.95 bits per heavy atom. The molecule has 0 radical (unpaired) electrons. The first-order valence-electron chi connectivity index (χ1n) is 6.48. The Morgan fingerprint density at radius 1 is 1.32 bits per heavy atom. The highest BCUT2D eigenvalue weighted by atomic mass is 16.4. The van der Waals surface area contributed by atoms with E-state index in [-0.39, 0.29) is 18.4 Å². The lowest BCUT2D eigenvalue weighted by atomic mass is 10.1. The molecule has 1 aromatic rings. The van der Waals surface area contributed by atoms with Crippen LogP contribution in [0.3, 0.4) is 0 Å². The molecule has 0 bridgehead atoms. The fourth-order valence-electron chi connectivity index (χ4n) is 2.03. The summed E-state index contributed by atoms with van der Waals surface area (Å²) in [7, 11) is 0. The first-order chi connectivity index (χ1) is 8.90. The number of carboxylic acid groups (broad SMARTS) is 1. The zero-order valence-electron chi connectivity index (χ0n) is 11.7. The molecule has 5 nitrogen and oxygen atoms in total. The molecule has 2 N–H and O–H groups in total. The largest absolute Gasteiger partial charge is 0.481 e. The predicted octanol–water partition coefficient (Wildman–Crippen LogP) is 2.72. The number of aliphatic carboxylic acids is 1. The van der Waals surface area contributed by atoms with Crippen LogP contribution in [0.5, 0.6) is 0 Å². The maximum atomic E-state index is 11.7. The van der Waals surface area contributed by atoms with Crippen LogP contribution in [-0.2, 0) is 9.59 Å². The number of hydrogen-bond acceptors (Lipinski definition) is 3. The van der Waals surface area contributed by atoms with Crippen molar-refractivity contribution in [2.24, 2.45) is 0 Å². The average molecular weight is 267 g/mol. The third-order valence-electron chi connectivity index (χ3n) is 2.97. The molecule has 0 aliphatic rings. The first kappa shape index (κ1) is 15.3. The summed E-state index contributed by atoms with van der Waals surface area (Å²) < 4.78 is 5.43. The highest BCUT2D eigenvalue weighted by Gasteiger charge is 2.14. The Morgan fingerprint density at radius 3 is 2.47 bits per heavy atom. The fourth-order valence-corrected chi connectivity index (χ4v) is 2.03. The predicted molar refractivity (Wildman–Crippen MR) is 70.8 cm³/mol. The molecule has 106 valence electrons. The second kappa shape index (κ2) is 6.97. The van der Waals surface area contributed by atoms with Crippen molar-refractivity contribution in [2.75, 3.05) is 0 Å². The normalized spacial score (nSPS) is 12.2. The summed E-state index contributed by atoms with van der Waals surface area (Å²) in [6, 6.07) is 1.83. The zero-order chi connectivity index (χ0) is 14.4. The Labute approximate surface area is 113 Å². The standard InChI is InChI=1S/C14H21NO4/c1-9-8-12(11(3)19-9)10(2)15-13(16)6-4-5-7-14(17)18/h8,10H,4-7H2,1-3H3,(H,15,16)(H,17,18). The highest BCUT2D eigenvalue weighted by molar-refractivity contribution is 5.76. The van der Waals surface area contributed by atoms with Crippen LogP contribution in [0.4, 0.5) is 0 Å². The van der Waals surface area contributed by atoms with E-state index in [2.05, 4.69) is 5.32 Å². The molecule has 5 heteroatoms. The summed E-state index contributed by atoms with van der Waals surface area (Å²) in [5, 5.41) is 11.4. The lowest BCUT2D eigenvalue weighted by Crippen LogP contribution is -2.26. The number of aryl methyl sites for hydroxylation is 2. The highest BCUT2D eigenvalue weighted by Crippen LogP contribution is 2.21. The van der Waals surface area contributed by atoms with Gasteiger partial charge in [-0.1, -0.05) is 0 Å². The van der Waals surface area contributed by atoms with Crippen LogP contribution >= 0.6 is 0 Å². The van der Waals surface area contributed by atoms with Gasteiger partial charge in [0.1, 0.15) is 11.5 Å². The number of carboxylic acids is 1. The smallest absolute Gasteiger partial charge is 0.303 e. The molecule has 1 amide bonds. The van der Waals surface area contributed by atoms with Gasteiger partial charge in [-0.05, 0) is 39.7 Å². The number of carbonyl (C=O) groups is 2. The molecule has 1 rings (SSSR count). The minimum Gasteiger partial charge on any atom is -0.481 e. The molecule has 1 aromatic heterocycles. The van der Waals surface area contributed by atoms with Crippen molar-refractivity contribution in [3.8, 4) is 0 Å². The average Bonchev–Trinajstić information content (AvgIpc) is 2.64. The number of furan rings is 1. The number of amides is 1. The summed E-state index contributed by atoms with van der Waals surface area (Å²) in [5.74, 6) is 0.764. The van der Waals surface area contributed by atoms with E-state index in [9.17, 15) is 9.59 Å². The quantitative estimate of drug-likeness (QED) is 0.744. The van der Waals surface area contributed by atoms with Gasteiger partial charge in [0, 0.05) is 18.4 Å². The lowest BCUT2D eigenvalue weighted by molar-refractivity contribution is -0.137. The molecule has 0 saturated heterocycles. The van der Waals surface area contributed by atoms with Crippen LogP contribution in [0, 0.1) is 13.8 Å². The SMILES string of the molecule is Cc1cc(C(C)NC(=O)CCCCC(=O)O)c(C)o1. The van der Waals surface area contributed by atoms with E-state index in [1.54, 1.807) is 0 Å². The molecule has 0 fully saturated rings. The minimum absolute atomic E-state index is 0.0591. The number of hydrogen-bond donors (Lipinski definition) is 2. The summed E-state index contributed by atoms with van der Waals surface area (Å²) in [4.78, 5) is 22.0. The molecule has 0 aliphatic carbocycles. The van der Waals surface area contributed by atoms with Crippen molar-refractivity contribution < 1.29 is 19.1 Å². The van der Waals surface area contributed by atoms with Crippen molar-refractivity contribution in [1.82, 2.24) is 5.32 Å². The Hall–Kier alpha value is -1.78. The summed E-state index contributed by atoms with van der Waals surface area (Å²) in [6.07, 6.45) is 1.59. The number of unbranched alkanes of at least 4 members (excludes halogenated alkanes) is 1. The molecular weight excluding hydrogens is 246 g/mol. The number of rotatable bonds is 7. The van der Waals surface area contributed by atoms with Gasteiger partial charge in [-0.3, -0.25) is 9.59 Å². The summed E-state index contributed by atoms with van der Waals surface area (Å²) in [6.45, 7) is 5.65. The summed E-state index contributed by atoms with van der Waals surface area (Å²) >= 11 is 0. The van der Waals surface area contributed by atoms with Crippen LogP contribution in [-0.4, -0.2) is 17.0 Å². The molecule has 0 aromatic carbocycles. The van der Waals surface area contributed by atoms with Gasteiger partial charge in [0.25, 0.3) is 0 Å². The molecule has 0 aliphatic heterocycles. The van der Waals surface area contributed by atoms with Crippen LogP contribution in [0.2, 0.25) is 0 Å². The van der Waals surface area contributed by atoms with Gasteiger partial charge >= 0.3 is 5.97 Å². The van der Waals surface area contributed by atoms with E-state index >= 15 is 0 Å². The van der Waals surface area contributed by atoms with Crippen molar-refractivity contribution in [3.05, 3.63) is 23.2 Å². The van der Waals surface area contributed by atoms with Crippen LogP contribution in [0.15, 0.2) is 10.5 Å². The van der Waals surface area contributed by atoms with E-state index in [4.69, 9.17) is 9.52 Å². The maximum Gasteiger partial charge on any atom is 0.303 e. The third-order valence-corrected chi connectivity index (χ3v) is 2.97. The summed E-state index contributed by atoms with van der Waals surface area (Å²) in [5.41, 5.74) is 0.983. The van der Waals surface area contributed by atoms with Gasteiger partial charge < -0.3 is 14.8 Å². The van der Waals surface area contributed by atoms with Gasteiger partial charge in [-0.25, -0.2) is 0 Å². The van der Waals surface area contributed by atoms with Crippen molar-refractivity contribution in [3.63, 3.8) is 0 Å². The number of nitrogens with one attached hydrogen (secondary N) is 1. The van der Waals surface area contributed by atoms with Crippen LogP contribution in [0.1, 0.15) is 55.7 Å². The van der Waals surface area contributed by atoms with E-state index in [0.29, 0.717) is 19.3 Å². The molecule has 19 heavy (non-hydrogen) atoms. The van der Waals surface area contributed by atoms with E-state index in [0.717, 1.165) is 17.1 Å². The molecule has 0 saturated carbocycles. The Balaban J connectivity index is 2.36. The van der Waals surface area contributed by atoms with Crippen molar-refractivity contribution in [2.45, 2.75) is 52.5 Å². The van der Waals surface area contributed by atoms with Crippen molar-refractivity contribution >= 4 is 11.9 Å². The van der Waals surface area contributed by atoms with Gasteiger partial charge in [-0.2, -0.15) is 0 Å². The Kier molecular flexibility index (Phi) is 5.60. The van der Waals surface area contributed by atoms with Gasteiger partial charge in [0.2, 0.25) is 5.91 Å². The van der Waals surface area contributed by atoms with Gasteiger partial charge in [0.15, 0.2) is 0 Å². The van der Waals surface area contributed by atoms with E-state index in [1.807, 2.05) is 26.8 Å². The lowest BCUT2D eigenvalue weighted by Gasteiger charge is -2.13. The third kappa shape index (κ3) is 5.16. The van der Waals surface area contributed by atoms with Gasteiger partial charge in [-0.15, -0.1) is 0 Å². The molecule has 1 atom stereocenters. The molecule has 0 spiro atoms. The molecule has 1 heterocycles. The van der Waals surface area contributed by atoms with Crippen LogP contribution in [0.25, 0.3) is 0 Å². The topological polar surface area (TPSA) is 79.5 Å². The number of carbonyl (C=O) groups excluding carboxylic acids is 1. The first-order valence-corrected chi connectivity index (χ1v) is 6.48. The maximum absolute atomic E-state index is 11.7. The zero-order valence-corrected chi connectivity index (χ0v) is 11.7. The second-order valence-electron chi connectivity index (χ2n) is 4.76. The molecule has 1 unspecified atom stereocenters. The van der Waals surface area contributed by atoms with E-state index < -0.39 is 5.97 Å². The van der Waals surface area contributed by atoms with E-state index in [1.165, 1.54) is 0 Å². The minimum atomic E-state index is -0.821. The monoisotopic (exact) mass is 267 g/mol. The second-order valence-corrected chi connectivity index (χ2v) is 4.76. The van der Waals surface area contributed by atoms with Crippen molar-refractivity contribution in [1.29, 1.82) is 0 Å². The Bertz CT molecular complexity index is 450. The molecular formula is C14H21NO4. The van der Waals surface area contributed by atoms with Crippen LogP contribution < -0.4 is 5.32 Å².